The molecule has 3 heteroatoms. The molecule has 0 aliphatic rings. The topological polar surface area (TPSA) is 35.0 Å². The summed E-state index contributed by atoms with van der Waals surface area (Å²) in [6, 6.07) is 7.70. The highest BCUT2D eigenvalue weighted by Crippen LogP contribution is 2.17. The number of rotatable bonds is 2. The molecule has 0 fully saturated rings. The van der Waals surface area contributed by atoms with Crippen molar-refractivity contribution < 1.29 is 4.74 Å². The lowest BCUT2D eigenvalue weighted by Gasteiger charge is -2.02. The summed E-state index contributed by atoms with van der Waals surface area (Å²) in [5.74, 6) is 0.878. The molecule has 2 rings (SSSR count). The molecule has 3 nitrogen and oxygen atoms in total. The number of ether oxygens (including phenoxy) is 1. The van der Waals surface area contributed by atoms with Crippen LogP contribution in [0, 0.1) is 0 Å². The van der Waals surface area contributed by atoms with Crippen LogP contribution in [0.15, 0.2) is 30.5 Å². The first-order valence-corrected chi connectivity index (χ1v) is 4.24. The van der Waals surface area contributed by atoms with Crippen molar-refractivity contribution in [2.24, 2.45) is 0 Å². The molecule has 0 aliphatic carbocycles. The van der Waals surface area contributed by atoms with Crippen molar-refractivity contribution in [3.63, 3.8) is 0 Å². The molecule has 0 bridgehead atoms. The van der Waals surface area contributed by atoms with Crippen LogP contribution >= 0.6 is 0 Å². The smallest absolute Gasteiger partial charge is 0.120 e. The Bertz CT molecular complexity index is 414. The summed E-state index contributed by atoms with van der Waals surface area (Å²) in [4.78, 5) is 0. The van der Waals surface area contributed by atoms with Crippen LogP contribution in [0.4, 0.5) is 0 Å². The van der Waals surface area contributed by atoms with Gasteiger partial charge in [-0.05, 0) is 31.2 Å². The summed E-state index contributed by atoms with van der Waals surface area (Å²) in [5.41, 5.74) is 0.894. The van der Waals surface area contributed by atoms with Crippen LogP contribution in [0.3, 0.4) is 0 Å². The first-order chi connectivity index (χ1) is 6.40. The summed E-state index contributed by atoms with van der Waals surface area (Å²) < 4.78 is 5.37. The molecule has 2 aromatic rings. The standard InChI is InChI=1S/C10H10N2O/c1-2-13-9-3-4-10-8(7-9)5-6-11-12-10/h3-7H,2H2,1H3. The highest BCUT2D eigenvalue weighted by Gasteiger charge is 1.96. The van der Waals surface area contributed by atoms with Crippen LogP contribution in [-0.2, 0) is 0 Å². The molecule has 1 aromatic heterocycles. The first kappa shape index (κ1) is 7.98. The molecular formula is C10H10N2O. The maximum atomic E-state index is 5.37. The fourth-order valence-corrected chi connectivity index (χ4v) is 1.22. The molecule has 0 amide bonds. The Morgan fingerprint density at radius 1 is 1.31 bits per heavy atom. The van der Waals surface area contributed by atoms with E-state index < -0.39 is 0 Å². The fraction of sp³-hybridized carbons (Fsp3) is 0.200. The Labute approximate surface area is 76.4 Å². The average Bonchev–Trinajstić information content (AvgIpc) is 2.18. The van der Waals surface area contributed by atoms with Crippen LogP contribution in [0.25, 0.3) is 10.9 Å². The predicted octanol–water partition coefficient (Wildman–Crippen LogP) is 2.03. The summed E-state index contributed by atoms with van der Waals surface area (Å²) in [5, 5.41) is 8.83. The highest BCUT2D eigenvalue weighted by atomic mass is 16.5. The van der Waals surface area contributed by atoms with E-state index >= 15 is 0 Å². The maximum Gasteiger partial charge on any atom is 0.120 e. The normalized spacial score (nSPS) is 10.2. The summed E-state index contributed by atoms with van der Waals surface area (Å²) in [6.45, 7) is 2.65. The van der Waals surface area contributed by atoms with E-state index in [1.54, 1.807) is 6.20 Å². The monoisotopic (exact) mass is 174 g/mol. The van der Waals surface area contributed by atoms with Crippen LogP contribution in [-0.4, -0.2) is 16.8 Å². The zero-order valence-corrected chi connectivity index (χ0v) is 7.40. The van der Waals surface area contributed by atoms with E-state index in [0.29, 0.717) is 6.61 Å². The van der Waals surface area contributed by atoms with Gasteiger partial charge in [0, 0.05) is 5.39 Å². The van der Waals surface area contributed by atoms with Gasteiger partial charge in [0.1, 0.15) is 5.75 Å². The lowest BCUT2D eigenvalue weighted by Crippen LogP contribution is -1.91. The second kappa shape index (κ2) is 3.39. The minimum atomic E-state index is 0.685. The van der Waals surface area contributed by atoms with E-state index in [1.165, 1.54) is 0 Å². The van der Waals surface area contributed by atoms with Gasteiger partial charge < -0.3 is 4.74 Å². The van der Waals surface area contributed by atoms with Gasteiger partial charge in [-0.2, -0.15) is 10.2 Å². The van der Waals surface area contributed by atoms with Crippen molar-refractivity contribution in [1.82, 2.24) is 10.2 Å². The van der Waals surface area contributed by atoms with Gasteiger partial charge in [0.05, 0.1) is 18.3 Å². The van der Waals surface area contributed by atoms with Crippen molar-refractivity contribution in [1.29, 1.82) is 0 Å². The van der Waals surface area contributed by atoms with Crippen LogP contribution in [0.2, 0.25) is 0 Å². The number of fused-ring (bicyclic) bond motifs is 1. The minimum absolute atomic E-state index is 0.685. The van der Waals surface area contributed by atoms with Crippen LogP contribution in [0.5, 0.6) is 5.75 Å². The zero-order valence-electron chi connectivity index (χ0n) is 7.40. The van der Waals surface area contributed by atoms with Crippen molar-refractivity contribution in [2.75, 3.05) is 6.61 Å². The number of hydrogen-bond donors (Lipinski definition) is 0. The molecule has 1 aromatic carbocycles. The minimum Gasteiger partial charge on any atom is -0.494 e. The third-order valence-electron chi connectivity index (χ3n) is 1.80. The first-order valence-electron chi connectivity index (χ1n) is 4.24. The van der Waals surface area contributed by atoms with Gasteiger partial charge in [-0.1, -0.05) is 0 Å². The van der Waals surface area contributed by atoms with E-state index in [0.717, 1.165) is 16.7 Å². The van der Waals surface area contributed by atoms with Gasteiger partial charge in [-0.25, -0.2) is 0 Å². The molecule has 1 heterocycles. The van der Waals surface area contributed by atoms with E-state index in [2.05, 4.69) is 10.2 Å². The van der Waals surface area contributed by atoms with Crippen molar-refractivity contribution >= 4 is 10.9 Å². The number of benzene rings is 1. The lowest BCUT2D eigenvalue weighted by molar-refractivity contribution is 0.340. The number of aromatic nitrogens is 2. The van der Waals surface area contributed by atoms with Crippen LogP contribution in [0.1, 0.15) is 6.92 Å². The van der Waals surface area contributed by atoms with E-state index in [4.69, 9.17) is 4.74 Å². The highest BCUT2D eigenvalue weighted by molar-refractivity contribution is 5.79. The Morgan fingerprint density at radius 2 is 2.23 bits per heavy atom. The van der Waals surface area contributed by atoms with Gasteiger partial charge in [0.25, 0.3) is 0 Å². The molecule has 0 unspecified atom stereocenters. The van der Waals surface area contributed by atoms with Crippen molar-refractivity contribution in [2.45, 2.75) is 6.92 Å². The molecule has 0 saturated carbocycles. The molecule has 0 aliphatic heterocycles. The SMILES string of the molecule is CCOc1ccc2nnccc2c1. The van der Waals surface area contributed by atoms with Gasteiger partial charge >= 0.3 is 0 Å². The largest absolute Gasteiger partial charge is 0.494 e. The van der Waals surface area contributed by atoms with E-state index in [9.17, 15) is 0 Å². The third kappa shape index (κ3) is 1.59. The van der Waals surface area contributed by atoms with E-state index in [-0.39, 0.29) is 0 Å². The predicted molar refractivity (Wildman–Crippen MR) is 50.7 cm³/mol. The molecule has 13 heavy (non-hydrogen) atoms. The summed E-state index contributed by atoms with van der Waals surface area (Å²) >= 11 is 0. The zero-order chi connectivity index (χ0) is 9.10. The third-order valence-corrected chi connectivity index (χ3v) is 1.80. The fourth-order valence-electron chi connectivity index (χ4n) is 1.22. The van der Waals surface area contributed by atoms with Crippen LogP contribution < -0.4 is 4.74 Å². The average molecular weight is 174 g/mol. The van der Waals surface area contributed by atoms with Gasteiger partial charge in [0.15, 0.2) is 0 Å². The molecule has 0 N–H and O–H groups in total. The molecule has 66 valence electrons. The molecule has 0 saturated heterocycles. The maximum absolute atomic E-state index is 5.37. The molecule has 0 radical (unpaired) electrons. The summed E-state index contributed by atoms with van der Waals surface area (Å²) in [6.07, 6.45) is 1.68. The Morgan fingerprint density at radius 3 is 3.08 bits per heavy atom. The Balaban J connectivity index is 2.49. The second-order valence-electron chi connectivity index (χ2n) is 2.68. The lowest BCUT2D eigenvalue weighted by atomic mass is 10.2. The van der Waals surface area contributed by atoms with E-state index in [1.807, 2.05) is 31.2 Å². The molecular weight excluding hydrogens is 164 g/mol. The second-order valence-corrected chi connectivity index (χ2v) is 2.68. The number of hydrogen-bond acceptors (Lipinski definition) is 3. The quantitative estimate of drug-likeness (QED) is 0.698. The molecule has 0 atom stereocenters. The van der Waals surface area contributed by atoms with Gasteiger partial charge in [-0.15, -0.1) is 0 Å². The van der Waals surface area contributed by atoms with Crippen molar-refractivity contribution in [3.05, 3.63) is 30.5 Å². The Hall–Kier alpha value is -1.64. The molecule has 0 spiro atoms. The Kier molecular flexibility index (Phi) is 2.08. The van der Waals surface area contributed by atoms with Gasteiger partial charge in [-0.3, -0.25) is 0 Å². The van der Waals surface area contributed by atoms with Gasteiger partial charge in [0.2, 0.25) is 0 Å². The van der Waals surface area contributed by atoms with Crippen molar-refractivity contribution in [3.8, 4) is 5.75 Å². The summed E-state index contributed by atoms with van der Waals surface area (Å²) in [7, 11) is 0. The number of nitrogens with zero attached hydrogens (tertiary/aromatic N) is 2.